The van der Waals surface area contributed by atoms with Crippen LogP contribution in [-0.4, -0.2) is 67.0 Å². The molecule has 0 spiro atoms. The molecule has 1 fully saturated rings. The molecule has 1 aromatic rings. The van der Waals surface area contributed by atoms with E-state index in [2.05, 4.69) is 4.99 Å². The quantitative estimate of drug-likeness (QED) is 0.609. The molecule has 9 heteroatoms. The topological polar surface area (TPSA) is 89.6 Å². The van der Waals surface area contributed by atoms with E-state index in [9.17, 15) is 9.18 Å². The first-order chi connectivity index (χ1) is 13.7. The number of benzene rings is 1. The molecule has 1 aromatic carbocycles. The van der Waals surface area contributed by atoms with Crippen LogP contribution in [0.3, 0.4) is 0 Å². The number of guanidine groups is 1. The summed E-state index contributed by atoms with van der Waals surface area (Å²) in [6.45, 7) is 8.69. The first kappa shape index (κ1) is 21.2. The number of hydrogen-bond donors (Lipinski definition) is 1. The second-order valence-electron chi connectivity index (χ2n) is 8.11. The predicted molar refractivity (Wildman–Crippen MR) is 106 cm³/mol. The highest BCUT2D eigenvalue weighted by Crippen LogP contribution is 2.29. The minimum absolute atomic E-state index is 0.166. The second kappa shape index (κ2) is 8.86. The maximum absolute atomic E-state index is 13.8. The van der Waals surface area contributed by atoms with E-state index < -0.39 is 5.60 Å². The molecule has 8 nitrogen and oxygen atoms in total. The maximum Gasteiger partial charge on any atom is 0.410 e. The van der Waals surface area contributed by atoms with Gasteiger partial charge in [0.2, 0.25) is 0 Å². The van der Waals surface area contributed by atoms with Gasteiger partial charge in [-0.05, 0) is 44.9 Å². The zero-order valence-corrected chi connectivity index (χ0v) is 17.2. The van der Waals surface area contributed by atoms with Crippen LogP contribution in [-0.2, 0) is 22.5 Å². The van der Waals surface area contributed by atoms with Crippen molar-refractivity contribution >= 4 is 12.1 Å². The van der Waals surface area contributed by atoms with Crippen molar-refractivity contribution in [2.24, 2.45) is 10.7 Å². The van der Waals surface area contributed by atoms with Gasteiger partial charge in [-0.25, -0.2) is 9.18 Å². The molecule has 2 N–H and O–H groups in total. The first-order valence-electron chi connectivity index (χ1n) is 9.77. The molecule has 1 amide bonds. The lowest BCUT2D eigenvalue weighted by Gasteiger charge is -2.36. The first-order valence-corrected chi connectivity index (χ1v) is 9.77. The molecule has 2 aliphatic rings. The van der Waals surface area contributed by atoms with Crippen molar-refractivity contribution in [3.63, 3.8) is 0 Å². The Hall–Kier alpha value is -2.55. The van der Waals surface area contributed by atoms with Crippen molar-refractivity contribution in [2.75, 3.05) is 39.5 Å². The summed E-state index contributed by atoms with van der Waals surface area (Å²) >= 11 is 0. The standard InChI is InChI=1S/C20H29FN4O4/c1-20(2,3)29-19(26)25-8-6-24(7-9-25)18(22)23-5-4-14-10-16(21)11-15-12-27-13-28-17(14)15/h10-11H,4-9,12-13H2,1-3H3,(H2,22,23). The minimum atomic E-state index is -0.513. The smallest absolute Gasteiger partial charge is 0.410 e. The van der Waals surface area contributed by atoms with Gasteiger partial charge in [-0.2, -0.15) is 0 Å². The van der Waals surface area contributed by atoms with Gasteiger partial charge in [0.15, 0.2) is 12.8 Å². The fourth-order valence-electron chi connectivity index (χ4n) is 3.28. The summed E-state index contributed by atoms with van der Waals surface area (Å²) in [5, 5.41) is 0. The highest BCUT2D eigenvalue weighted by molar-refractivity contribution is 5.78. The Morgan fingerprint density at radius 1 is 1.24 bits per heavy atom. The van der Waals surface area contributed by atoms with Gasteiger partial charge in [0, 0.05) is 38.3 Å². The highest BCUT2D eigenvalue weighted by Gasteiger charge is 2.26. The monoisotopic (exact) mass is 408 g/mol. The third-order valence-corrected chi connectivity index (χ3v) is 4.66. The van der Waals surface area contributed by atoms with E-state index in [1.807, 2.05) is 25.7 Å². The van der Waals surface area contributed by atoms with Crippen molar-refractivity contribution < 1.29 is 23.4 Å². The van der Waals surface area contributed by atoms with Gasteiger partial charge in [0.05, 0.1) is 6.61 Å². The summed E-state index contributed by atoms with van der Waals surface area (Å²) in [5.74, 6) is 0.781. The van der Waals surface area contributed by atoms with Gasteiger partial charge in [-0.1, -0.05) is 0 Å². The van der Waals surface area contributed by atoms with Crippen LogP contribution in [0.1, 0.15) is 31.9 Å². The molecule has 0 aromatic heterocycles. The number of ether oxygens (including phenoxy) is 3. The number of halogens is 1. The third-order valence-electron chi connectivity index (χ3n) is 4.66. The van der Waals surface area contributed by atoms with E-state index in [1.54, 1.807) is 4.90 Å². The largest absolute Gasteiger partial charge is 0.467 e. The molecular formula is C20H29FN4O4. The van der Waals surface area contributed by atoms with Crippen LogP contribution >= 0.6 is 0 Å². The zero-order chi connectivity index (χ0) is 21.0. The van der Waals surface area contributed by atoms with Crippen molar-refractivity contribution in [1.29, 1.82) is 0 Å². The van der Waals surface area contributed by atoms with Crippen LogP contribution < -0.4 is 10.5 Å². The van der Waals surface area contributed by atoms with Gasteiger partial charge in [0.25, 0.3) is 0 Å². The van der Waals surface area contributed by atoms with Gasteiger partial charge < -0.3 is 29.7 Å². The summed E-state index contributed by atoms with van der Waals surface area (Å²) in [7, 11) is 0. The number of fused-ring (bicyclic) bond motifs is 1. The number of aliphatic imine (C=N–C) groups is 1. The number of nitrogens with zero attached hydrogens (tertiary/aromatic N) is 3. The van der Waals surface area contributed by atoms with Crippen LogP contribution in [0.4, 0.5) is 9.18 Å². The number of hydrogen-bond acceptors (Lipinski definition) is 5. The lowest BCUT2D eigenvalue weighted by molar-refractivity contribution is -0.0172. The molecule has 0 saturated carbocycles. The molecule has 0 atom stereocenters. The van der Waals surface area contributed by atoms with E-state index in [4.69, 9.17) is 19.9 Å². The second-order valence-corrected chi connectivity index (χ2v) is 8.11. The van der Waals surface area contributed by atoms with E-state index in [0.717, 1.165) is 5.56 Å². The van der Waals surface area contributed by atoms with E-state index in [-0.39, 0.29) is 18.7 Å². The molecule has 2 aliphatic heterocycles. The Morgan fingerprint density at radius 2 is 1.93 bits per heavy atom. The van der Waals surface area contributed by atoms with Crippen LogP contribution in [0.5, 0.6) is 5.75 Å². The zero-order valence-electron chi connectivity index (χ0n) is 17.2. The minimum Gasteiger partial charge on any atom is -0.467 e. The van der Waals surface area contributed by atoms with Gasteiger partial charge >= 0.3 is 6.09 Å². The Morgan fingerprint density at radius 3 is 2.62 bits per heavy atom. The molecule has 2 heterocycles. The lowest BCUT2D eigenvalue weighted by Crippen LogP contribution is -2.53. The molecule has 1 saturated heterocycles. The summed E-state index contributed by atoms with van der Waals surface area (Å²) in [6, 6.07) is 2.90. The Kier molecular flexibility index (Phi) is 6.46. The fraction of sp³-hybridized carbons (Fsp3) is 0.600. The van der Waals surface area contributed by atoms with Crippen molar-refractivity contribution in [1.82, 2.24) is 9.80 Å². The SMILES string of the molecule is CC(C)(C)OC(=O)N1CCN(C(N)=NCCc2cc(F)cc3c2OCOC3)CC1. The lowest BCUT2D eigenvalue weighted by atomic mass is 10.1. The van der Waals surface area contributed by atoms with E-state index in [0.29, 0.717) is 63.0 Å². The summed E-state index contributed by atoms with van der Waals surface area (Å²) in [5.41, 5.74) is 7.07. The summed E-state index contributed by atoms with van der Waals surface area (Å²) in [4.78, 5) is 20.2. The van der Waals surface area contributed by atoms with Crippen LogP contribution in [0.2, 0.25) is 0 Å². The molecule has 0 aliphatic carbocycles. The number of piperazine rings is 1. The number of carbonyl (C=O) groups is 1. The molecule has 160 valence electrons. The average molecular weight is 408 g/mol. The Labute approximate surface area is 170 Å². The van der Waals surface area contributed by atoms with Crippen LogP contribution in [0, 0.1) is 5.82 Å². The molecule has 0 bridgehead atoms. The Balaban J connectivity index is 1.52. The molecule has 29 heavy (non-hydrogen) atoms. The Bertz CT molecular complexity index is 770. The fourth-order valence-corrected chi connectivity index (χ4v) is 3.28. The average Bonchev–Trinajstić information content (AvgIpc) is 2.66. The van der Waals surface area contributed by atoms with Gasteiger partial charge in [-0.3, -0.25) is 4.99 Å². The molecule has 0 radical (unpaired) electrons. The van der Waals surface area contributed by atoms with Gasteiger partial charge in [0.1, 0.15) is 17.2 Å². The molecule has 3 rings (SSSR count). The maximum atomic E-state index is 13.8. The summed E-state index contributed by atoms with van der Waals surface area (Å²) in [6.07, 6.45) is 0.200. The number of carbonyl (C=O) groups excluding carboxylic acids is 1. The highest BCUT2D eigenvalue weighted by atomic mass is 19.1. The van der Waals surface area contributed by atoms with Crippen LogP contribution in [0.15, 0.2) is 17.1 Å². The molecule has 0 unspecified atom stereocenters. The van der Waals surface area contributed by atoms with Crippen molar-refractivity contribution in [3.05, 3.63) is 29.1 Å². The third kappa shape index (κ3) is 5.72. The normalized spacial score (nSPS) is 17.6. The van der Waals surface area contributed by atoms with Gasteiger partial charge in [-0.15, -0.1) is 0 Å². The number of nitrogens with two attached hydrogens (primary N) is 1. The van der Waals surface area contributed by atoms with Crippen molar-refractivity contribution in [3.8, 4) is 5.75 Å². The number of amides is 1. The summed E-state index contributed by atoms with van der Waals surface area (Å²) < 4.78 is 29.9. The molecular weight excluding hydrogens is 379 g/mol. The number of rotatable bonds is 3. The van der Waals surface area contributed by atoms with E-state index >= 15 is 0 Å². The van der Waals surface area contributed by atoms with Crippen molar-refractivity contribution in [2.45, 2.75) is 39.4 Å². The van der Waals surface area contributed by atoms with Crippen LogP contribution in [0.25, 0.3) is 0 Å². The van der Waals surface area contributed by atoms with E-state index in [1.165, 1.54) is 12.1 Å². The predicted octanol–water partition coefficient (Wildman–Crippen LogP) is 2.10.